The molecule has 1 aliphatic rings. The largest absolute Gasteiger partial charge is 0.330 e. The van der Waals surface area contributed by atoms with Gasteiger partial charge in [-0.25, -0.2) is 0 Å². The summed E-state index contributed by atoms with van der Waals surface area (Å²) in [4.78, 5) is 14.4. The zero-order valence-corrected chi connectivity index (χ0v) is 10.4. The Morgan fingerprint density at radius 2 is 2.29 bits per heavy atom. The van der Waals surface area contributed by atoms with Crippen molar-refractivity contribution in [1.29, 1.82) is 0 Å². The molecule has 0 amide bonds. The summed E-state index contributed by atoms with van der Waals surface area (Å²) in [5.74, 6) is 0.183. The molecule has 2 N–H and O–H groups in total. The molecule has 2 rings (SSSR count). The number of hydrogen-bond donors (Lipinski definition) is 1. The number of carbonyl (C=O) groups excluding carboxylic acids is 1. The van der Waals surface area contributed by atoms with Gasteiger partial charge in [0.05, 0.1) is 0 Å². The van der Waals surface area contributed by atoms with E-state index >= 15 is 0 Å². The highest BCUT2D eigenvalue weighted by Gasteiger charge is 2.20. The molecule has 92 valence electrons. The van der Waals surface area contributed by atoms with Crippen LogP contribution in [0.4, 0.5) is 0 Å². The minimum Gasteiger partial charge on any atom is -0.330 e. The number of benzene rings is 1. The van der Waals surface area contributed by atoms with E-state index in [1.165, 1.54) is 11.1 Å². The first-order valence-electron chi connectivity index (χ1n) is 6.32. The summed E-state index contributed by atoms with van der Waals surface area (Å²) in [6.07, 6.45) is 1.50. The van der Waals surface area contributed by atoms with Crippen LogP contribution in [0.15, 0.2) is 18.2 Å². The van der Waals surface area contributed by atoms with Crippen molar-refractivity contribution in [3.8, 4) is 0 Å². The van der Waals surface area contributed by atoms with Gasteiger partial charge in [0.2, 0.25) is 0 Å². The van der Waals surface area contributed by atoms with Crippen LogP contribution in [-0.2, 0) is 13.0 Å². The average molecular weight is 232 g/mol. The molecule has 0 saturated heterocycles. The molecule has 0 saturated carbocycles. The predicted octanol–water partition coefficient (Wildman–Crippen LogP) is 1.60. The average Bonchev–Trinajstić information content (AvgIpc) is 2.37. The van der Waals surface area contributed by atoms with E-state index in [4.69, 9.17) is 5.73 Å². The molecular weight excluding hydrogens is 212 g/mol. The SMILES string of the molecule is CCN1CCc2cccc(C(=O)CCN)c2C1. The standard InChI is InChI=1S/C14H20N2O/c1-2-16-9-7-11-4-3-5-12(13(11)10-16)14(17)6-8-15/h3-5H,2,6-10,15H2,1H3. The lowest BCUT2D eigenvalue weighted by Gasteiger charge is -2.28. The number of fused-ring (bicyclic) bond motifs is 1. The Morgan fingerprint density at radius 1 is 1.47 bits per heavy atom. The smallest absolute Gasteiger partial charge is 0.164 e. The molecule has 1 aromatic carbocycles. The van der Waals surface area contributed by atoms with Gasteiger partial charge in [-0.3, -0.25) is 9.69 Å². The van der Waals surface area contributed by atoms with E-state index in [0.29, 0.717) is 13.0 Å². The summed E-state index contributed by atoms with van der Waals surface area (Å²) in [5.41, 5.74) is 8.90. The maximum absolute atomic E-state index is 12.0. The highest BCUT2D eigenvalue weighted by Crippen LogP contribution is 2.23. The van der Waals surface area contributed by atoms with Gasteiger partial charge in [0.25, 0.3) is 0 Å². The third kappa shape index (κ3) is 2.56. The van der Waals surface area contributed by atoms with Crippen LogP contribution in [0.3, 0.4) is 0 Å². The van der Waals surface area contributed by atoms with Crippen molar-refractivity contribution < 1.29 is 4.79 Å². The Kier molecular flexibility index (Phi) is 3.92. The summed E-state index contributed by atoms with van der Waals surface area (Å²) in [7, 11) is 0. The van der Waals surface area contributed by atoms with Gasteiger partial charge >= 0.3 is 0 Å². The Bertz CT molecular complexity index is 415. The molecule has 0 aromatic heterocycles. The van der Waals surface area contributed by atoms with Crippen molar-refractivity contribution in [3.05, 3.63) is 34.9 Å². The number of Topliss-reactive ketones (excluding diaryl/α,β-unsaturated/α-hetero) is 1. The lowest BCUT2D eigenvalue weighted by molar-refractivity contribution is 0.0982. The fourth-order valence-corrected chi connectivity index (χ4v) is 2.43. The lowest BCUT2D eigenvalue weighted by atomic mass is 9.92. The molecule has 3 nitrogen and oxygen atoms in total. The molecular formula is C14H20N2O. The van der Waals surface area contributed by atoms with E-state index in [0.717, 1.165) is 31.6 Å². The second-order valence-corrected chi connectivity index (χ2v) is 4.52. The molecule has 0 unspecified atom stereocenters. The van der Waals surface area contributed by atoms with Gasteiger partial charge in [-0.1, -0.05) is 25.1 Å². The molecule has 1 heterocycles. The van der Waals surface area contributed by atoms with E-state index in [1.54, 1.807) is 0 Å². The minimum atomic E-state index is 0.183. The molecule has 0 radical (unpaired) electrons. The molecule has 1 aromatic rings. The first kappa shape index (κ1) is 12.3. The molecule has 0 fully saturated rings. The monoisotopic (exact) mass is 232 g/mol. The number of likely N-dealkylation sites (N-methyl/N-ethyl adjacent to an activating group) is 1. The normalized spacial score (nSPS) is 15.6. The van der Waals surface area contributed by atoms with Crippen molar-refractivity contribution in [2.45, 2.75) is 26.3 Å². The number of nitrogens with two attached hydrogens (primary N) is 1. The quantitative estimate of drug-likeness (QED) is 0.802. The molecule has 0 aliphatic carbocycles. The summed E-state index contributed by atoms with van der Waals surface area (Å²) in [6, 6.07) is 6.07. The summed E-state index contributed by atoms with van der Waals surface area (Å²) in [5, 5.41) is 0. The van der Waals surface area contributed by atoms with Gasteiger partial charge in [0.15, 0.2) is 5.78 Å². The van der Waals surface area contributed by atoms with Crippen LogP contribution in [0.5, 0.6) is 0 Å². The Hall–Kier alpha value is -1.19. The van der Waals surface area contributed by atoms with Crippen LogP contribution < -0.4 is 5.73 Å². The van der Waals surface area contributed by atoms with Gasteiger partial charge in [-0.2, -0.15) is 0 Å². The van der Waals surface area contributed by atoms with Crippen LogP contribution in [-0.4, -0.2) is 30.3 Å². The van der Waals surface area contributed by atoms with Crippen molar-refractivity contribution in [2.75, 3.05) is 19.6 Å². The van der Waals surface area contributed by atoms with E-state index < -0.39 is 0 Å². The molecule has 0 atom stereocenters. The second-order valence-electron chi connectivity index (χ2n) is 4.52. The number of nitrogens with zero attached hydrogens (tertiary/aromatic N) is 1. The maximum atomic E-state index is 12.0. The van der Waals surface area contributed by atoms with Gasteiger partial charge in [0.1, 0.15) is 0 Å². The van der Waals surface area contributed by atoms with Crippen LogP contribution in [0.25, 0.3) is 0 Å². The van der Waals surface area contributed by atoms with Crippen molar-refractivity contribution in [2.24, 2.45) is 5.73 Å². The highest BCUT2D eigenvalue weighted by atomic mass is 16.1. The van der Waals surface area contributed by atoms with Gasteiger partial charge in [-0.15, -0.1) is 0 Å². The van der Waals surface area contributed by atoms with Crippen LogP contribution in [0, 0.1) is 0 Å². The first-order valence-corrected chi connectivity index (χ1v) is 6.32. The zero-order chi connectivity index (χ0) is 12.3. The zero-order valence-electron chi connectivity index (χ0n) is 10.4. The Morgan fingerprint density at radius 3 is 3.00 bits per heavy atom. The van der Waals surface area contributed by atoms with E-state index in [9.17, 15) is 4.79 Å². The molecule has 3 heteroatoms. The van der Waals surface area contributed by atoms with Crippen LogP contribution in [0.1, 0.15) is 34.8 Å². The summed E-state index contributed by atoms with van der Waals surface area (Å²) in [6.45, 7) is 5.63. The van der Waals surface area contributed by atoms with Crippen LogP contribution >= 0.6 is 0 Å². The third-order valence-electron chi connectivity index (χ3n) is 3.47. The van der Waals surface area contributed by atoms with Crippen molar-refractivity contribution in [3.63, 3.8) is 0 Å². The highest BCUT2D eigenvalue weighted by molar-refractivity contribution is 5.97. The summed E-state index contributed by atoms with van der Waals surface area (Å²) >= 11 is 0. The lowest BCUT2D eigenvalue weighted by Crippen LogP contribution is -2.31. The van der Waals surface area contributed by atoms with E-state index in [2.05, 4.69) is 17.9 Å². The predicted molar refractivity (Wildman–Crippen MR) is 69.1 cm³/mol. The Balaban J connectivity index is 2.31. The molecule has 17 heavy (non-hydrogen) atoms. The third-order valence-corrected chi connectivity index (χ3v) is 3.47. The molecule has 1 aliphatic heterocycles. The van der Waals surface area contributed by atoms with Gasteiger partial charge in [-0.05, 0) is 30.6 Å². The number of rotatable bonds is 4. The van der Waals surface area contributed by atoms with E-state index in [1.807, 2.05) is 12.1 Å². The fourth-order valence-electron chi connectivity index (χ4n) is 2.43. The van der Waals surface area contributed by atoms with Gasteiger partial charge in [0, 0.05) is 25.1 Å². The topological polar surface area (TPSA) is 46.3 Å². The van der Waals surface area contributed by atoms with Crippen molar-refractivity contribution >= 4 is 5.78 Å². The number of ketones is 1. The summed E-state index contributed by atoms with van der Waals surface area (Å²) < 4.78 is 0. The molecule has 0 bridgehead atoms. The van der Waals surface area contributed by atoms with Crippen LogP contribution in [0.2, 0.25) is 0 Å². The fraction of sp³-hybridized carbons (Fsp3) is 0.500. The first-order chi connectivity index (χ1) is 8.26. The maximum Gasteiger partial charge on any atom is 0.164 e. The minimum absolute atomic E-state index is 0.183. The van der Waals surface area contributed by atoms with E-state index in [-0.39, 0.29) is 5.78 Å². The molecule has 0 spiro atoms. The second kappa shape index (κ2) is 5.43. The Labute approximate surface area is 103 Å². The van der Waals surface area contributed by atoms with Crippen molar-refractivity contribution in [1.82, 2.24) is 4.90 Å². The number of hydrogen-bond acceptors (Lipinski definition) is 3. The number of carbonyl (C=O) groups is 1. The van der Waals surface area contributed by atoms with Gasteiger partial charge < -0.3 is 5.73 Å².